The lowest BCUT2D eigenvalue weighted by Crippen LogP contribution is -2.03. The van der Waals surface area contributed by atoms with Crippen molar-refractivity contribution in [3.05, 3.63) is 66.7 Å². The van der Waals surface area contributed by atoms with Gasteiger partial charge in [0, 0.05) is 25.3 Å². The Morgan fingerprint density at radius 3 is 1.90 bits per heavy atom. The maximum Gasteiger partial charge on any atom is 0.188 e. The summed E-state index contributed by atoms with van der Waals surface area (Å²) in [6.07, 6.45) is 0. The molecule has 5 nitrogen and oxygen atoms in total. The number of phenols is 1. The number of ether oxygens (including phenoxy) is 4. The smallest absolute Gasteiger partial charge is 0.188 e. The maximum atomic E-state index is 9.95. The second-order valence-corrected chi connectivity index (χ2v) is 6.61. The molecule has 5 heteroatoms. The molecule has 0 aliphatic heterocycles. The van der Waals surface area contributed by atoms with Gasteiger partial charge in [0.2, 0.25) is 0 Å². The number of rotatable bonds is 7. The van der Waals surface area contributed by atoms with Gasteiger partial charge in [0.05, 0.1) is 0 Å². The standard InChI is InChI=1S/C24H22O5/c1-26-14-28-21-11-7-16-5-3-4-6-19(16)23(21)24-20-10-9-18(25)13-17(20)8-12-22(24)29-15-27-2/h3-13,25H,14-15H2,1-2H3. The molecular weight excluding hydrogens is 368 g/mol. The molecule has 0 aliphatic rings. The number of hydrogen-bond donors (Lipinski definition) is 1. The molecule has 0 saturated heterocycles. The molecule has 0 atom stereocenters. The van der Waals surface area contributed by atoms with E-state index in [1.54, 1.807) is 26.4 Å². The highest BCUT2D eigenvalue weighted by molar-refractivity contribution is 6.10. The third-order valence-corrected chi connectivity index (χ3v) is 4.77. The molecule has 148 valence electrons. The minimum Gasteiger partial charge on any atom is -0.508 e. The van der Waals surface area contributed by atoms with E-state index in [2.05, 4.69) is 12.1 Å². The zero-order valence-corrected chi connectivity index (χ0v) is 16.3. The van der Waals surface area contributed by atoms with Crippen LogP contribution in [0.5, 0.6) is 17.2 Å². The Morgan fingerprint density at radius 1 is 0.655 bits per heavy atom. The first kappa shape index (κ1) is 19.1. The normalized spacial score (nSPS) is 11.1. The van der Waals surface area contributed by atoms with E-state index in [4.69, 9.17) is 18.9 Å². The van der Waals surface area contributed by atoms with Crippen LogP contribution in [0.2, 0.25) is 0 Å². The van der Waals surface area contributed by atoms with Crippen molar-refractivity contribution >= 4 is 21.5 Å². The molecule has 4 rings (SSSR count). The van der Waals surface area contributed by atoms with E-state index in [0.29, 0.717) is 11.5 Å². The summed E-state index contributed by atoms with van der Waals surface area (Å²) in [5, 5.41) is 13.9. The van der Waals surface area contributed by atoms with Gasteiger partial charge in [-0.2, -0.15) is 0 Å². The van der Waals surface area contributed by atoms with E-state index < -0.39 is 0 Å². The lowest BCUT2D eigenvalue weighted by atomic mass is 9.92. The van der Waals surface area contributed by atoms with Gasteiger partial charge in [-0.3, -0.25) is 0 Å². The minimum absolute atomic E-state index is 0.121. The van der Waals surface area contributed by atoms with E-state index in [0.717, 1.165) is 32.7 Å². The van der Waals surface area contributed by atoms with Gasteiger partial charge in [0.25, 0.3) is 0 Å². The van der Waals surface area contributed by atoms with Gasteiger partial charge >= 0.3 is 0 Å². The molecular formula is C24H22O5. The fraction of sp³-hybridized carbons (Fsp3) is 0.167. The quantitative estimate of drug-likeness (QED) is 0.432. The second-order valence-electron chi connectivity index (χ2n) is 6.61. The summed E-state index contributed by atoms with van der Waals surface area (Å²) in [6.45, 7) is 0.251. The van der Waals surface area contributed by atoms with Crippen molar-refractivity contribution in [1.82, 2.24) is 0 Å². The highest BCUT2D eigenvalue weighted by Gasteiger charge is 2.19. The van der Waals surface area contributed by atoms with Crippen LogP contribution in [0.25, 0.3) is 32.7 Å². The molecule has 0 spiro atoms. The van der Waals surface area contributed by atoms with E-state index in [-0.39, 0.29) is 19.3 Å². The summed E-state index contributed by atoms with van der Waals surface area (Å²) in [7, 11) is 3.18. The van der Waals surface area contributed by atoms with Crippen LogP contribution in [0.3, 0.4) is 0 Å². The lowest BCUT2D eigenvalue weighted by Gasteiger charge is -2.19. The summed E-state index contributed by atoms with van der Waals surface area (Å²) < 4.78 is 22.1. The molecule has 0 aromatic heterocycles. The lowest BCUT2D eigenvalue weighted by molar-refractivity contribution is 0.0502. The average molecular weight is 390 g/mol. The topological polar surface area (TPSA) is 57.2 Å². The maximum absolute atomic E-state index is 9.95. The van der Waals surface area contributed by atoms with Crippen molar-refractivity contribution in [3.63, 3.8) is 0 Å². The van der Waals surface area contributed by atoms with Crippen molar-refractivity contribution in [2.45, 2.75) is 0 Å². The molecule has 0 amide bonds. The second kappa shape index (κ2) is 8.39. The monoisotopic (exact) mass is 390 g/mol. The summed E-state index contributed by atoms with van der Waals surface area (Å²) >= 11 is 0. The Bertz CT molecular complexity index is 1150. The van der Waals surface area contributed by atoms with Crippen LogP contribution >= 0.6 is 0 Å². The van der Waals surface area contributed by atoms with Crippen LogP contribution < -0.4 is 9.47 Å². The molecule has 0 heterocycles. The summed E-state index contributed by atoms with van der Waals surface area (Å²) in [6, 6.07) is 21.2. The first-order valence-corrected chi connectivity index (χ1v) is 9.24. The van der Waals surface area contributed by atoms with Crippen LogP contribution in [0.1, 0.15) is 0 Å². The minimum atomic E-state index is 0.121. The Kier molecular flexibility index (Phi) is 5.51. The third-order valence-electron chi connectivity index (χ3n) is 4.77. The van der Waals surface area contributed by atoms with Gasteiger partial charge in [-0.1, -0.05) is 36.4 Å². The zero-order chi connectivity index (χ0) is 20.2. The molecule has 29 heavy (non-hydrogen) atoms. The Balaban J connectivity index is 2.08. The van der Waals surface area contributed by atoms with Crippen molar-refractivity contribution in [1.29, 1.82) is 0 Å². The van der Waals surface area contributed by atoms with Crippen molar-refractivity contribution < 1.29 is 24.1 Å². The molecule has 1 N–H and O–H groups in total. The van der Waals surface area contributed by atoms with E-state index in [1.165, 1.54) is 0 Å². The zero-order valence-electron chi connectivity index (χ0n) is 16.3. The van der Waals surface area contributed by atoms with Crippen LogP contribution in [-0.4, -0.2) is 32.9 Å². The largest absolute Gasteiger partial charge is 0.508 e. The molecule has 0 aliphatic carbocycles. The number of phenolic OH excluding ortho intramolecular Hbond substituents is 1. The first-order chi connectivity index (χ1) is 14.2. The third kappa shape index (κ3) is 3.70. The van der Waals surface area contributed by atoms with Gasteiger partial charge in [0.15, 0.2) is 13.6 Å². The molecule has 4 aromatic rings. The molecule has 0 radical (unpaired) electrons. The highest BCUT2D eigenvalue weighted by atomic mass is 16.7. The summed E-state index contributed by atoms with van der Waals surface area (Å²) in [5.74, 6) is 1.57. The van der Waals surface area contributed by atoms with Crippen LogP contribution in [-0.2, 0) is 9.47 Å². The van der Waals surface area contributed by atoms with Gasteiger partial charge in [-0.25, -0.2) is 0 Å². The number of hydrogen-bond acceptors (Lipinski definition) is 5. The molecule has 0 saturated carbocycles. The van der Waals surface area contributed by atoms with E-state index >= 15 is 0 Å². The predicted octanol–water partition coefficient (Wildman–Crippen LogP) is 5.33. The Hall–Kier alpha value is -3.28. The van der Waals surface area contributed by atoms with Gasteiger partial charge in [-0.05, 0) is 51.9 Å². The van der Waals surface area contributed by atoms with Crippen LogP contribution in [0.4, 0.5) is 0 Å². The summed E-state index contributed by atoms with van der Waals surface area (Å²) in [5.41, 5.74) is 1.78. The van der Waals surface area contributed by atoms with Crippen molar-refractivity contribution in [2.24, 2.45) is 0 Å². The molecule has 0 fully saturated rings. The van der Waals surface area contributed by atoms with Crippen LogP contribution in [0.15, 0.2) is 66.7 Å². The fourth-order valence-corrected chi connectivity index (χ4v) is 3.55. The van der Waals surface area contributed by atoms with Crippen molar-refractivity contribution in [2.75, 3.05) is 27.8 Å². The highest BCUT2D eigenvalue weighted by Crippen LogP contribution is 2.45. The number of fused-ring (bicyclic) bond motifs is 2. The number of benzene rings is 4. The number of aromatic hydroxyl groups is 1. The number of methoxy groups -OCH3 is 2. The molecule has 4 aromatic carbocycles. The van der Waals surface area contributed by atoms with Crippen LogP contribution in [0, 0.1) is 0 Å². The molecule has 0 bridgehead atoms. The van der Waals surface area contributed by atoms with Crippen molar-refractivity contribution in [3.8, 4) is 28.4 Å². The van der Waals surface area contributed by atoms with E-state index in [1.807, 2.05) is 42.5 Å². The Morgan fingerprint density at radius 2 is 1.24 bits per heavy atom. The molecule has 0 unspecified atom stereocenters. The predicted molar refractivity (Wildman–Crippen MR) is 114 cm³/mol. The average Bonchev–Trinajstić information content (AvgIpc) is 2.75. The summed E-state index contributed by atoms with van der Waals surface area (Å²) in [4.78, 5) is 0. The van der Waals surface area contributed by atoms with E-state index in [9.17, 15) is 5.11 Å². The van der Waals surface area contributed by atoms with Gasteiger partial charge < -0.3 is 24.1 Å². The van der Waals surface area contributed by atoms with Gasteiger partial charge in [-0.15, -0.1) is 0 Å². The fourth-order valence-electron chi connectivity index (χ4n) is 3.55. The van der Waals surface area contributed by atoms with Gasteiger partial charge in [0.1, 0.15) is 17.2 Å². The SMILES string of the molecule is COCOc1ccc2ccccc2c1-c1c(OCOC)ccc2cc(O)ccc12. The first-order valence-electron chi connectivity index (χ1n) is 9.24. The Labute approximate surface area is 169 Å².